The van der Waals surface area contributed by atoms with Crippen LogP contribution in [0.15, 0.2) is 36.7 Å². The van der Waals surface area contributed by atoms with Crippen molar-refractivity contribution in [2.45, 2.75) is 39.2 Å². The third-order valence-corrected chi connectivity index (χ3v) is 7.43. The van der Waals surface area contributed by atoms with Gasteiger partial charge in [0.15, 0.2) is 11.5 Å². The number of nitrogens with zero attached hydrogens (tertiary/aromatic N) is 6. The largest absolute Gasteiger partial charge is 0.324 e. The predicted molar refractivity (Wildman–Crippen MR) is 134 cm³/mol. The highest BCUT2D eigenvalue weighted by Crippen LogP contribution is 2.38. The van der Waals surface area contributed by atoms with Crippen molar-refractivity contribution in [3.63, 3.8) is 0 Å². The molecular weight excluding hydrogens is 490 g/mol. The van der Waals surface area contributed by atoms with Crippen molar-refractivity contribution >= 4 is 50.7 Å². The Morgan fingerprint density at radius 2 is 1.91 bits per heavy atom. The standard InChI is InChI=1S/C23H22ClN7O3S/c1-12-7-13(2)9-15(8-12)30-22-16(11-26-30)21(27-20(28-22)14-3-5-18(24)25-10-14)29-23(32)17-4-6-19(35-17)31(33)34/h3-6,10-13,15H,7-9H2,1-2H3,(H,27,28,29,32). The first-order valence-corrected chi connectivity index (χ1v) is 12.4. The zero-order chi connectivity index (χ0) is 24.7. The van der Waals surface area contributed by atoms with Crippen LogP contribution in [0.2, 0.25) is 5.15 Å². The van der Waals surface area contributed by atoms with Gasteiger partial charge in [-0.2, -0.15) is 5.10 Å². The fourth-order valence-electron chi connectivity index (χ4n) is 4.75. The molecule has 2 unspecified atom stereocenters. The second-order valence-corrected chi connectivity index (χ2v) is 10.5. The molecule has 1 saturated carbocycles. The quantitative estimate of drug-likeness (QED) is 0.205. The van der Waals surface area contributed by atoms with Gasteiger partial charge in [-0.1, -0.05) is 36.8 Å². The number of fused-ring (bicyclic) bond motifs is 1. The molecule has 0 bridgehead atoms. The molecule has 0 saturated heterocycles. The summed E-state index contributed by atoms with van der Waals surface area (Å²) >= 11 is 6.76. The van der Waals surface area contributed by atoms with Crippen LogP contribution in [-0.2, 0) is 0 Å². The molecule has 4 aromatic heterocycles. The lowest BCUT2D eigenvalue weighted by molar-refractivity contribution is -0.380. The summed E-state index contributed by atoms with van der Waals surface area (Å²) in [7, 11) is 0. The summed E-state index contributed by atoms with van der Waals surface area (Å²) in [6, 6.07) is 6.32. The van der Waals surface area contributed by atoms with Gasteiger partial charge in [0.25, 0.3) is 5.91 Å². The Hall–Kier alpha value is -3.44. The van der Waals surface area contributed by atoms with Crippen molar-refractivity contribution in [2.75, 3.05) is 5.32 Å². The van der Waals surface area contributed by atoms with E-state index in [0.29, 0.717) is 39.4 Å². The van der Waals surface area contributed by atoms with Crippen LogP contribution < -0.4 is 5.32 Å². The van der Waals surface area contributed by atoms with Gasteiger partial charge in [-0.3, -0.25) is 14.9 Å². The Balaban J connectivity index is 1.58. The Bertz CT molecular complexity index is 1410. The Labute approximate surface area is 209 Å². The molecule has 35 heavy (non-hydrogen) atoms. The van der Waals surface area contributed by atoms with Gasteiger partial charge in [-0.05, 0) is 49.3 Å². The molecule has 2 atom stereocenters. The average molecular weight is 512 g/mol. The summed E-state index contributed by atoms with van der Waals surface area (Å²) in [5.74, 6) is 1.30. The molecule has 1 aliphatic rings. The zero-order valence-corrected chi connectivity index (χ0v) is 20.6. The number of carbonyl (C=O) groups is 1. The molecule has 0 aliphatic heterocycles. The van der Waals surface area contributed by atoms with E-state index in [4.69, 9.17) is 16.6 Å². The fourth-order valence-corrected chi connectivity index (χ4v) is 5.57. The number of pyridine rings is 1. The molecule has 0 aromatic carbocycles. The van der Waals surface area contributed by atoms with Crippen molar-refractivity contribution in [1.29, 1.82) is 0 Å². The summed E-state index contributed by atoms with van der Waals surface area (Å²) in [4.78, 5) is 37.2. The lowest BCUT2D eigenvalue weighted by atomic mass is 9.80. The zero-order valence-electron chi connectivity index (χ0n) is 19.0. The summed E-state index contributed by atoms with van der Waals surface area (Å²) < 4.78 is 1.93. The average Bonchev–Trinajstić information content (AvgIpc) is 3.47. The van der Waals surface area contributed by atoms with Gasteiger partial charge in [-0.15, -0.1) is 0 Å². The molecule has 1 N–H and O–H groups in total. The van der Waals surface area contributed by atoms with Crippen LogP contribution in [0.25, 0.3) is 22.4 Å². The van der Waals surface area contributed by atoms with E-state index in [1.165, 1.54) is 18.6 Å². The Kier molecular flexibility index (Phi) is 6.20. The van der Waals surface area contributed by atoms with Crippen LogP contribution in [0.3, 0.4) is 0 Å². The van der Waals surface area contributed by atoms with Gasteiger partial charge in [0.05, 0.1) is 27.4 Å². The highest BCUT2D eigenvalue weighted by Gasteiger charge is 2.28. The Morgan fingerprint density at radius 3 is 2.57 bits per heavy atom. The number of thiophene rings is 1. The maximum Gasteiger partial charge on any atom is 0.324 e. The first-order valence-electron chi connectivity index (χ1n) is 11.2. The minimum Gasteiger partial charge on any atom is -0.305 e. The molecular formula is C23H22ClN7O3S. The Morgan fingerprint density at radius 1 is 1.14 bits per heavy atom. The third kappa shape index (κ3) is 4.73. The molecule has 1 aliphatic carbocycles. The molecule has 4 aromatic rings. The number of nitrogens with one attached hydrogen (secondary N) is 1. The number of hydrogen-bond donors (Lipinski definition) is 1. The van der Waals surface area contributed by atoms with E-state index < -0.39 is 10.8 Å². The van der Waals surface area contributed by atoms with E-state index in [1.807, 2.05) is 4.68 Å². The topological polar surface area (TPSA) is 129 Å². The molecule has 4 heterocycles. The first kappa shape index (κ1) is 23.3. The van der Waals surface area contributed by atoms with Gasteiger partial charge < -0.3 is 5.32 Å². The van der Waals surface area contributed by atoms with Gasteiger partial charge in [0.2, 0.25) is 0 Å². The molecule has 0 radical (unpaired) electrons. The predicted octanol–water partition coefficient (Wildman–Crippen LogP) is 5.76. The monoisotopic (exact) mass is 511 g/mol. The van der Waals surface area contributed by atoms with Crippen molar-refractivity contribution in [1.82, 2.24) is 24.7 Å². The molecule has 12 heteroatoms. The molecule has 0 spiro atoms. The van der Waals surface area contributed by atoms with Crippen LogP contribution in [0.1, 0.15) is 48.8 Å². The minimum absolute atomic E-state index is 0.107. The van der Waals surface area contributed by atoms with Crippen molar-refractivity contribution in [3.05, 3.63) is 56.8 Å². The maximum absolute atomic E-state index is 12.9. The second-order valence-electron chi connectivity index (χ2n) is 9.01. The van der Waals surface area contributed by atoms with Gasteiger partial charge in [0.1, 0.15) is 11.0 Å². The van der Waals surface area contributed by atoms with Crippen molar-refractivity contribution in [3.8, 4) is 11.4 Å². The summed E-state index contributed by atoms with van der Waals surface area (Å²) in [6.07, 6.45) is 6.40. The van der Waals surface area contributed by atoms with E-state index in [-0.39, 0.29) is 21.7 Å². The number of rotatable bonds is 5. The molecule has 180 valence electrons. The van der Waals surface area contributed by atoms with Crippen molar-refractivity contribution < 1.29 is 9.72 Å². The number of hydrogen-bond acceptors (Lipinski definition) is 8. The highest BCUT2D eigenvalue weighted by molar-refractivity contribution is 7.17. The van der Waals surface area contributed by atoms with Crippen molar-refractivity contribution in [2.24, 2.45) is 11.8 Å². The fraction of sp³-hybridized carbons (Fsp3) is 0.348. The summed E-state index contributed by atoms with van der Waals surface area (Å²) in [5, 5.41) is 19.3. The number of anilines is 1. The SMILES string of the molecule is CC1CC(C)CC(n2ncc3c(NC(=O)c4ccc([N+](=O)[O-])s4)nc(-c4ccc(Cl)nc4)nc32)C1. The van der Waals surface area contributed by atoms with Crippen LogP contribution >= 0.6 is 22.9 Å². The summed E-state index contributed by atoms with van der Waals surface area (Å²) in [5.41, 5.74) is 1.25. The lowest BCUT2D eigenvalue weighted by Gasteiger charge is -2.31. The normalized spacial score (nSPS) is 20.1. The maximum atomic E-state index is 12.9. The van der Waals surface area contributed by atoms with Crippen LogP contribution in [0.5, 0.6) is 0 Å². The van der Waals surface area contributed by atoms with Crippen LogP contribution in [-0.4, -0.2) is 35.6 Å². The van der Waals surface area contributed by atoms with Crippen LogP contribution in [0.4, 0.5) is 10.8 Å². The number of carbonyl (C=O) groups excluding carboxylic acids is 1. The smallest absolute Gasteiger partial charge is 0.305 e. The van der Waals surface area contributed by atoms with E-state index in [9.17, 15) is 14.9 Å². The number of aromatic nitrogens is 5. The van der Waals surface area contributed by atoms with Gasteiger partial charge in [-0.25, -0.2) is 19.6 Å². The van der Waals surface area contributed by atoms with E-state index >= 15 is 0 Å². The number of halogens is 1. The molecule has 1 fully saturated rings. The highest BCUT2D eigenvalue weighted by atomic mass is 35.5. The molecule has 1 amide bonds. The van der Waals surface area contributed by atoms with E-state index in [1.54, 1.807) is 24.5 Å². The van der Waals surface area contributed by atoms with Gasteiger partial charge >= 0.3 is 5.00 Å². The lowest BCUT2D eigenvalue weighted by Crippen LogP contribution is -2.23. The third-order valence-electron chi connectivity index (χ3n) is 6.17. The van der Waals surface area contributed by atoms with E-state index in [0.717, 1.165) is 24.2 Å². The van der Waals surface area contributed by atoms with E-state index in [2.05, 4.69) is 34.2 Å². The summed E-state index contributed by atoms with van der Waals surface area (Å²) in [6.45, 7) is 4.50. The van der Waals surface area contributed by atoms with Crippen LogP contribution in [0, 0.1) is 22.0 Å². The second kappa shape index (κ2) is 9.31. The van der Waals surface area contributed by atoms with Gasteiger partial charge in [0, 0.05) is 17.8 Å². The number of nitro groups is 1. The molecule has 5 rings (SSSR count). The molecule has 10 nitrogen and oxygen atoms in total. The first-order chi connectivity index (χ1) is 16.8. The number of amides is 1. The minimum atomic E-state index is -0.522.